The summed E-state index contributed by atoms with van der Waals surface area (Å²) in [7, 11) is 0. The van der Waals surface area contributed by atoms with Crippen molar-refractivity contribution in [3.05, 3.63) is 29.3 Å². The van der Waals surface area contributed by atoms with E-state index in [2.05, 4.69) is 0 Å². The van der Waals surface area contributed by atoms with Crippen molar-refractivity contribution in [2.45, 2.75) is 13.8 Å². The monoisotopic (exact) mass is 224 g/mol. The van der Waals surface area contributed by atoms with Gasteiger partial charge in [-0.3, -0.25) is 0 Å². The second-order valence-corrected chi connectivity index (χ2v) is 3.35. The molecule has 0 amide bonds. The molecule has 0 saturated heterocycles. The summed E-state index contributed by atoms with van der Waals surface area (Å²) in [5.74, 6) is -0.585. The molecule has 0 heterocycles. The van der Waals surface area contributed by atoms with Crippen LogP contribution in [0.3, 0.4) is 0 Å². The highest BCUT2D eigenvalue weighted by molar-refractivity contribution is 5.90. The Morgan fingerprint density at radius 3 is 2.75 bits per heavy atom. The molecule has 1 aromatic rings. The molecule has 0 aromatic heterocycles. The molecule has 0 aliphatic heterocycles. The normalized spacial score (nSPS) is 10.1. The summed E-state index contributed by atoms with van der Waals surface area (Å²) in [6.07, 6.45) is 0. The van der Waals surface area contributed by atoms with Gasteiger partial charge in [0.15, 0.2) is 0 Å². The Balaban J connectivity index is 2.68. The molecular formula is C12H16O4. The second kappa shape index (κ2) is 6.12. The number of rotatable bonds is 6. The van der Waals surface area contributed by atoms with Crippen LogP contribution in [0.4, 0.5) is 0 Å². The summed E-state index contributed by atoms with van der Waals surface area (Å²) in [4.78, 5) is 10.9. The van der Waals surface area contributed by atoms with Crippen molar-refractivity contribution in [1.82, 2.24) is 0 Å². The fraction of sp³-hybridized carbons (Fsp3) is 0.417. The molecule has 1 rings (SSSR count). The summed E-state index contributed by atoms with van der Waals surface area (Å²) < 4.78 is 10.5. The van der Waals surface area contributed by atoms with Gasteiger partial charge in [-0.05, 0) is 31.5 Å². The van der Waals surface area contributed by atoms with Gasteiger partial charge >= 0.3 is 5.97 Å². The van der Waals surface area contributed by atoms with Crippen molar-refractivity contribution in [2.75, 3.05) is 19.8 Å². The third-order valence-corrected chi connectivity index (χ3v) is 2.06. The number of hydrogen-bond donors (Lipinski definition) is 1. The number of carbonyl (C=O) groups is 1. The second-order valence-electron chi connectivity index (χ2n) is 3.35. The molecule has 1 N–H and O–H groups in total. The number of benzene rings is 1. The standard InChI is InChI=1S/C12H16O4/c1-3-15-6-7-16-11-8-9(2)4-5-10(11)12(13)14/h4-5,8H,3,6-7H2,1-2H3,(H,13,14). The molecule has 0 spiro atoms. The van der Waals surface area contributed by atoms with E-state index in [9.17, 15) is 4.79 Å². The Hall–Kier alpha value is -1.55. The molecule has 0 atom stereocenters. The van der Waals surface area contributed by atoms with E-state index in [1.807, 2.05) is 13.8 Å². The molecular weight excluding hydrogens is 208 g/mol. The molecule has 0 unspecified atom stereocenters. The van der Waals surface area contributed by atoms with Crippen LogP contribution in [-0.4, -0.2) is 30.9 Å². The number of carboxylic acids is 1. The van der Waals surface area contributed by atoms with Crippen LogP contribution in [0.5, 0.6) is 5.75 Å². The minimum absolute atomic E-state index is 0.182. The molecule has 0 saturated carbocycles. The highest BCUT2D eigenvalue weighted by Crippen LogP contribution is 2.20. The quantitative estimate of drug-likeness (QED) is 0.752. The van der Waals surface area contributed by atoms with E-state index in [0.717, 1.165) is 5.56 Å². The highest BCUT2D eigenvalue weighted by Gasteiger charge is 2.10. The fourth-order valence-electron chi connectivity index (χ4n) is 1.28. The van der Waals surface area contributed by atoms with Gasteiger partial charge in [0.1, 0.15) is 17.9 Å². The van der Waals surface area contributed by atoms with E-state index < -0.39 is 5.97 Å². The summed E-state index contributed by atoms with van der Waals surface area (Å²) >= 11 is 0. The lowest BCUT2D eigenvalue weighted by molar-refractivity contribution is 0.0687. The van der Waals surface area contributed by atoms with Crippen LogP contribution in [0, 0.1) is 6.92 Å². The Morgan fingerprint density at radius 2 is 2.12 bits per heavy atom. The Morgan fingerprint density at radius 1 is 1.38 bits per heavy atom. The van der Waals surface area contributed by atoms with Crippen LogP contribution in [0.15, 0.2) is 18.2 Å². The zero-order chi connectivity index (χ0) is 12.0. The first kappa shape index (κ1) is 12.5. The number of aromatic carboxylic acids is 1. The maximum atomic E-state index is 10.9. The Labute approximate surface area is 94.8 Å². The average Bonchev–Trinajstić information content (AvgIpc) is 2.24. The number of hydrogen-bond acceptors (Lipinski definition) is 3. The molecule has 1 aromatic carbocycles. The Kier molecular flexibility index (Phi) is 4.79. The lowest BCUT2D eigenvalue weighted by Gasteiger charge is -2.09. The maximum absolute atomic E-state index is 10.9. The van der Waals surface area contributed by atoms with Gasteiger partial charge in [-0.2, -0.15) is 0 Å². The van der Waals surface area contributed by atoms with Crippen LogP contribution in [0.25, 0.3) is 0 Å². The predicted octanol–water partition coefficient (Wildman–Crippen LogP) is 2.11. The van der Waals surface area contributed by atoms with Gasteiger partial charge in [0.2, 0.25) is 0 Å². The molecule has 16 heavy (non-hydrogen) atoms. The minimum Gasteiger partial charge on any atom is -0.490 e. The molecule has 4 nitrogen and oxygen atoms in total. The van der Waals surface area contributed by atoms with E-state index in [-0.39, 0.29) is 5.56 Å². The van der Waals surface area contributed by atoms with Crippen molar-refractivity contribution in [1.29, 1.82) is 0 Å². The van der Waals surface area contributed by atoms with Gasteiger partial charge < -0.3 is 14.6 Å². The first-order valence-electron chi connectivity index (χ1n) is 5.19. The van der Waals surface area contributed by atoms with Crippen LogP contribution in [0.1, 0.15) is 22.8 Å². The zero-order valence-electron chi connectivity index (χ0n) is 9.53. The first-order valence-corrected chi connectivity index (χ1v) is 5.19. The topological polar surface area (TPSA) is 55.8 Å². The van der Waals surface area contributed by atoms with Gasteiger partial charge in [0, 0.05) is 6.61 Å². The van der Waals surface area contributed by atoms with E-state index in [4.69, 9.17) is 14.6 Å². The predicted molar refractivity (Wildman–Crippen MR) is 60.1 cm³/mol. The van der Waals surface area contributed by atoms with E-state index in [0.29, 0.717) is 25.6 Å². The molecule has 0 aliphatic rings. The van der Waals surface area contributed by atoms with Crippen LogP contribution in [-0.2, 0) is 4.74 Å². The molecule has 0 radical (unpaired) electrons. The SMILES string of the molecule is CCOCCOc1cc(C)ccc1C(=O)O. The van der Waals surface area contributed by atoms with Crippen LogP contribution in [0.2, 0.25) is 0 Å². The van der Waals surface area contributed by atoms with Crippen LogP contribution >= 0.6 is 0 Å². The largest absolute Gasteiger partial charge is 0.490 e. The smallest absolute Gasteiger partial charge is 0.339 e. The molecule has 88 valence electrons. The summed E-state index contributed by atoms with van der Waals surface area (Å²) in [6, 6.07) is 5.02. The lowest BCUT2D eigenvalue weighted by atomic mass is 10.1. The Bertz CT molecular complexity index is 360. The van der Waals surface area contributed by atoms with Gasteiger partial charge in [0.25, 0.3) is 0 Å². The fourth-order valence-corrected chi connectivity index (χ4v) is 1.28. The minimum atomic E-state index is -0.980. The third-order valence-electron chi connectivity index (χ3n) is 2.06. The number of carboxylic acid groups (broad SMARTS) is 1. The summed E-state index contributed by atoms with van der Waals surface area (Å²) in [5.41, 5.74) is 1.15. The molecule has 0 aliphatic carbocycles. The maximum Gasteiger partial charge on any atom is 0.339 e. The highest BCUT2D eigenvalue weighted by atomic mass is 16.5. The zero-order valence-corrected chi connectivity index (χ0v) is 9.53. The molecule has 0 fully saturated rings. The van der Waals surface area contributed by atoms with E-state index in [1.54, 1.807) is 18.2 Å². The van der Waals surface area contributed by atoms with Gasteiger partial charge in [-0.15, -0.1) is 0 Å². The average molecular weight is 224 g/mol. The van der Waals surface area contributed by atoms with Crippen molar-refractivity contribution in [3.8, 4) is 5.75 Å². The van der Waals surface area contributed by atoms with Gasteiger partial charge in [0.05, 0.1) is 6.61 Å². The summed E-state index contributed by atoms with van der Waals surface area (Å²) in [5, 5.41) is 8.95. The third kappa shape index (κ3) is 3.55. The van der Waals surface area contributed by atoms with Crippen molar-refractivity contribution in [2.24, 2.45) is 0 Å². The molecule has 4 heteroatoms. The number of ether oxygens (including phenoxy) is 2. The van der Waals surface area contributed by atoms with Gasteiger partial charge in [-0.1, -0.05) is 6.07 Å². The first-order chi connectivity index (χ1) is 7.65. The molecule has 0 bridgehead atoms. The van der Waals surface area contributed by atoms with E-state index >= 15 is 0 Å². The van der Waals surface area contributed by atoms with E-state index in [1.165, 1.54) is 0 Å². The number of aryl methyl sites for hydroxylation is 1. The van der Waals surface area contributed by atoms with Crippen LogP contribution < -0.4 is 4.74 Å². The lowest BCUT2D eigenvalue weighted by Crippen LogP contribution is -2.09. The summed E-state index contributed by atoms with van der Waals surface area (Å²) in [6.45, 7) is 5.24. The van der Waals surface area contributed by atoms with Crippen molar-refractivity contribution in [3.63, 3.8) is 0 Å². The van der Waals surface area contributed by atoms with Crippen molar-refractivity contribution < 1.29 is 19.4 Å². The van der Waals surface area contributed by atoms with Gasteiger partial charge in [-0.25, -0.2) is 4.79 Å². The van der Waals surface area contributed by atoms with Crippen molar-refractivity contribution >= 4 is 5.97 Å².